The Bertz CT molecular complexity index is 1330. The Morgan fingerprint density at radius 2 is 0.865 bits per heavy atom. The number of rotatable bonds is 6. The molecule has 0 saturated heterocycles. The second-order valence-electron chi connectivity index (χ2n) is 7.48. The molecule has 3 heterocycles. The van der Waals surface area contributed by atoms with Crippen molar-refractivity contribution in [2.75, 3.05) is 16.0 Å². The molecule has 0 saturated carbocycles. The number of nitrogens with zero attached hydrogens (tertiary/aromatic N) is 3. The normalized spacial score (nSPS) is 10.4. The Hall–Kier alpha value is -5.55. The van der Waals surface area contributed by atoms with Gasteiger partial charge in [0.15, 0.2) is 6.29 Å². The van der Waals surface area contributed by atoms with Crippen LogP contribution in [0.4, 0.5) is 32.2 Å². The van der Waals surface area contributed by atoms with Crippen molar-refractivity contribution in [2.24, 2.45) is 0 Å². The quantitative estimate of drug-likeness (QED) is 0.181. The van der Waals surface area contributed by atoms with Crippen LogP contribution < -0.4 is 48.6 Å². The van der Waals surface area contributed by atoms with Gasteiger partial charge in [-0.3, -0.25) is 30.3 Å². The molecule has 194 valence electrons. The predicted molar refractivity (Wildman–Crippen MR) is 129 cm³/mol. The fourth-order valence-corrected chi connectivity index (χ4v) is 2.85. The molecule has 6 amide bonds. The minimum absolute atomic E-state index is 0.196. The van der Waals surface area contributed by atoms with E-state index in [2.05, 4.69) is 61.8 Å². The molecule has 0 bridgehead atoms. The highest BCUT2D eigenvalue weighted by Gasteiger charge is 2.19. The number of hydrogen-bond acceptors (Lipinski definition) is 9. The molecule has 0 atom stereocenters. The largest absolute Gasteiger partial charge is 0.329 e. The van der Waals surface area contributed by atoms with Crippen molar-refractivity contribution in [3.05, 3.63) is 66.3 Å². The first kappa shape index (κ1) is 26.1. The second kappa shape index (κ2) is 11.3. The lowest BCUT2D eigenvalue weighted by molar-refractivity contribution is 0.227. The summed E-state index contributed by atoms with van der Waals surface area (Å²) in [6.45, 7) is 4.71. The van der Waals surface area contributed by atoms with E-state index in [4.69, 9.17) is 0 Å². The molecule has 0 spiro atoms. The molecule has 0 aliphatic heterocycles. The van der Waals surface area contributed by atoms with Crippen LogP contribution in [0.15, 0.2) is 32.6 Å². The van der Waals surface area contributed by atoms with Crippen molar-refractivity contribution in [1.82, 2.24) is 45.9 Å². The van der Waals surface area contributed by atoms with Gasteiger partial charge >= 0.3 is 18.1 Å². The van der Waals surface area contributed by atoms with Crippen molar-refractivity contribution >= 4 is 35.9 Å². The van der Waals surface area contributed by atoms with E-state index in [-0.39, 0.29) is 17.8 Å². The van der Waals surface area contributed by atoms with E-state index >= 15 is 0 Å². The summed E-state index contributed by atoms with van der Waals surface area (Å²) in [5.41, 5.74) is -0.587. The van der Waals surface area contributed by atoms with Gasteiger partial charge in [-0.05, 0) is 20.8 Å². The summed E-state index contributed by atoms with van der Waals surface area (Å²) in [6, 6.07) is 0.668. The smallest absolute Gasteiger partial charge is 0.324 e. The van der Waals surface area contributed by atoms with Crippen LogP contribution in [0.2, 0.25) is 0 Å². The minimum atomic E-state index is -1.58. The number of H-pyrrole nitrogens is 3. The molecule has 9 N–H and O–H groups in total. The molecule has 3 aromatic rings. The summed E-state index contributed by atoms with van der Waals surface area (Å²) in [5, 5.41) is 13.5. The highest BCUT2D eigenvalue weighted by Crippen LogP contribution is 1.98. The fourth-order valence-electron chi connectivity index (χ4n) is 2.85. The van der Waals surface area contributed by atoms with Gasteiger partial charge in [-0.1, -0.05) is 0 Å². The SMILES string of the molecule is Cc1cc(=O)nc(NC(=O)NC(NC(=O)Nc2nc(=O)cc(C)[nH]2)NC(=O)Nc2nc(=O)cc(C)[nH]2)[nH]1. The third-order valence-electron chi connectivity index (χ3n) is 4.15. The molecule has 0 aliphatic carbocycles. The third-order valence-corrected chi connectivity index (χ3v) is 4.15. The van der Waals surface area contributed by atoms with Crippen LogP contribution in [-0.2, 0) is 0 Å². The molecule has 37 heavy (non-hydrogen) atoms. The van der Waals surface area contributed by atoms with Crippen LogP contribution >= 0.6 is 0 Å². The zero-order chi connectivity index (χ0) is 27.1. The molecule has 3 rings (SSSR count). The molecule has 0 unspecified atom stereocenters. The van der Waals surface area contributed by atoms with Gasteiger partial charge < -0.3 is 30.9 Å². The van der Waals surface area contributed by atoms with Crippen molar-refractivity contribution in [3.63, 3.8) is 0 Å². The molecular weight excluding hydrogens is 492 g/mol. The maximum absolute atomic E-state index is 12.5. The first-order chi connectivity index (χ1) is 17.4. The molecule has 0 aromatic carbocycles. The maximum Gasteiger partial charge on any atom is 0.324 e. The van der Waals surface area contributed by atoms with Crippen molar-refractivity contribution in [2.45, 2.75) is 27.1 Å². The average molecular weight is 514 g/mol. The van der Waals surface area contributed by atoms with Gasteiger partial charge in [0.2, 0.25) is 17.8 Å². The Kier molecular flexibility index (Phi) is 7.92. The lowest BCUT2D eigenvalue weighted by Crippen LogP contribution is -2.60. The summed E-state index contributed by atoms with van der Waals surface area (Å²) < 4.78 is 0. The minimum Gasteiger partial charge on any atom is -0.329 e. The number of hydrogen-bond donors (Lipinski definition) is 9. The Morgan fingerprint density at radius 3 is 1.11 bits per heavy atom. The molecular formula is C19H22N12O6. The first-order valence-corrected chi connectivity index (χ1v) is 10.4. The number of aryl methyl sites for hydroxylation is 3. The third kappa shape index (κ3) is 8.31. The van der Waals surface area contributed by atoms with E-state index < -0.39 is 41.1 Å². The highest BCUT2D eigenvalue weighted by atomic mass is 16.2. The number of nitrogens with one attached hydrogen (secondary N) is 9. The molecule has 18 heteroatoms. The monoisotopic (exact) mass is 514 g/mol. The zero-order valence-corrected chi connectivity index (χ0v) is 19.6. The van der Waals surface area contributed by atoms with Crippen LogP contribution in [0.1, 0.15) is 17.1 Å². The zero-order valence-electron chi connectivity index (χ0n) is 19.6. The van der Waals surface area contributed by atoms with E-state index in [1.54, 1.807) is 20.8 Å². The Balaban J connectivity index is 1.73. The number of carbonyl (C=O) groups is 3. The molecule has 18 nitrogen and oxygen atoms in total. The van der Waals surface area contributed by atoms with E-state index in [0.29, 0.717) is 17.1 Å². The number of amides is 6. The Morgan fingerprint density at radius 1 is 0.595 bits per heavy atom. The van der Waals surface area contributed by atoms with Crippen LogP contribution in [0.5, 0.6) is 0 Å². The molecule has 3 aromatic heterocycles. The van der Waals surface area contributed by atoms with Crippen LogP contribution in [0.3, 0.4) is 0 Å². The number of carbonyl (C=O) groups excluding carboxylic acids is 3. The van der Waals surface area contributed by atoms with Gasteiger partial charge in [0.25, 0.3) is 16.7 Å². The lowest BCUT2D eigenvalue weighted by atomic mass is 10.4. The van der Waals surface area contributed by atoms with Crippen molar-refractivity contribution in [3.8, 4) is 0 Å². The van der Waals surface area contributed by atoms with Crippen LogP contribution in [0, 0.1) is 20.8 Å². The summed E-state index contributed by atoms with van der Waals surface area (Å²) in [5.74, 6) is -0.588. The fraction of sp³-hybridized carbons (Fsp3) is 0.211. The summed E-state index contributed by atoms with van der Waals surface area (Å²) >= 11 is 0. The van der Waals surface area contributed by atoms with E-state index in [9.17, 15) is 28.8 Å². The average Bonchev–Trinajstić information content (AvgIpc) is 2.70. The highest BCUT2D eigenvalue weighted by molar-refractivity contribution is 5.92. The van der Waals surface area contributed by atoms with Gasteiger partial charge in [-0.2, -0.15) is 15.0 Å². The van der Waals surface area contributed by atoms with Crippen LogP contribution in [-0.4, -0.2) is 54.3 Å². The number of aromatic nitrogens is 6. The maximum atomic E-state index is 12.5. The van der Waals surface area contributed by atoms with Gasteiger partial charge in [0.05, 0.1) is 0 Å². The van der Waals surface area contributed by atoms with Gasteiger partial charge in [0, 0.05) is 35.3 Å². The van der Waals surface area contributed by atoms with Gasteiger partial charge in [-0.15, -0.1) is 0 Å². The number of aromatic amines is 3. The van der Waals surface area contributed by atoms with Gasteiger partial charge in [0.1, 0.15) is 0 Å². The number of anilines is 3. The lowest BCUT2D eigenvalue weighted by Gasteiger charge is -2.21. The second-order valence-corrected chi connectivity index (χ2v) is 7.48. The Labute approximate surface area is 206 Å². The summed E-state index contributed by atoms with van der Waals surface area (Å²) in [4.78, 5) is 90.7. The van der Waals surface area contributed by atoms with Crippen molar-refractivity contribution in [1.29, 1.82) is 0 Å². The molecule has 0 aliphatic rings. The van der Waals surface area contributed by atoms with Crippen molar-refractivity contribution < 1.29 is 14.4 Å². The first-order valence-electron chi connectivity index (χ1n) is 10.4. The van der Waals surface area contributed by atoms with E-state index in [1.807, 2.05) is 0 Å². The molecule has 0 fully saturated rings. The van der Waals surface area contributed by atoms with E-state index in [0.717, 1.165) is 0 Å². The topological polar surface area (TPSA) is 261 Å². The van der Waals surface area contributed by atoms with Gasteiger partial charge in [-0.25, -0.2) is 14.4 Å². The predicted octanol–water partition coefficient (Wildman–Crippen LogP) is -1.09. The van der Waals surface area contributed by atoms with Crippen LogP contribution in [0.25, 0.3) is 0 Å². The standard InChI is InChI=1S/C19H22N12O6/c1-7-4-10(32)23-13(20-7)26-17(35)29-16(30-18(36)27-14-21-8(2)5-11(33)24-14)31-19(37)28-15-22-9(3)6-12(34)25-15/h4-6,16H,1-3H3,(H3,20,23,26,29,32,35)(H3,21,24,27,30,33,36)(H3,22,25,28,31,34,37). The molecule has 0 radical (unpaired) electrons. The summed E-state index contributed by atoms with van der Waals surface area (Å²) in [6.07, 6.45) is -1.58. The van der Waals surface area contributed by atoms with E-state index in [1.165, 1.54) is 18.2 Å². The summed E-state index contributed by atoms with van der Waals surface area (Å²) in [7, 11) is 0. The number of urea groups is 3.